The number of urea groups is 1. The molecule has 2 rings (SSSR count). The van der Waals surface area contributed by atoms with Gasteiger partial charge in [0.2, 0.25) is 0 Å². The van der Waals surface area contributed by atoms with Gasteiger partial charge in [-0.05, 0) is 43.9 Å². The first-order valence-corrected chi connectivity index (χ1v) is 7.80. The van der Waals surface area contributed by atoms with Gasteiger partial charge in [-0.2, -0.15) is 0 Å². The van der Waals surface area contributed by atoms with E-state index < -0.39 is 5.97 Å². The van der Waals surface area contributed by atoms with Crippen molar-refractivity contribution in [2.45, 2.75) is 32.7 Å². The average Bonchev–Trinajstić information content (AvgIpc) is 2.41. The number of carboxylic acids is 1. The van der Waals surface area contributed by atoms with Crippen LogP contribution in [0.25, 0.3) is 0 Å². The Balaban J connectivity index is 2.19. The molecule has 0 aliphatic carbocycles. The Kier molecular flexibility index (Phi) is 4.88. The zero-order valence-electron chi connectivity index (χ0n) is 12.1. The SMILES string of the molecule is CC1CCCN(C(=O)Nc2cc(Br)ccc2C(=O)O)C1C. The van der Waals surface area contributed by atoms with Crippen molar-refractivity contribution in [1.82, 2.24) is 4.90 Å². The molecule has 114 valence electrons. The molecule has 0 spiro atoms. The van der Waals surface area contributed by atoms with Gasteiger partial charge in [-0.3, -0.25) is 0 Å². The van der Waals surface area contributed by atoms with Crippen LogP contribution in [0.2, 0.25) is 0 Å². The van der Waals surface area contributed by atoms with Crippen molar-refractivity contribution < 1.29 is 14.7 Å². The van der Waals surface area contributed by atoms with E-state index >= 15 is 0 Å². The summed E-state index contributed by atoms with van der Waals surface area (Å²) in [5, 5.41) is 11.9. The molecule has 21 heavy (non-hydrogen) atoms. The number of carbonyl (C=O) groups excluding carboxylic acids is 1. The number of piperidine rings is 1. The monoisotopic (exact) mass is 354 g/mol. The molecule has 1 aliphatic rings. The number of likely N-dealkylation sites (tertiary alicyclic amines) is 1. The van der Waals surface area contributed by atoms with E-state index in [1.165, 1.54) is 6.07 Å². The van der Waals surface area contributed by atoms with Crippen LogP contribution in [0.3, 0.4) is 0 Å². The molecule has 1 fully saturated rings. The molecule has 2 atom stereocenters. The van der Waals surface area contributed by atoms with E-state index in [9.17, 15) is 14.7 Å². The Morgan fingerprint density at radius 3 is 2.76 bits per heavy atom. The number of benzene rings is 1. The first-order chi connectivity index (χ1) is 9.90. The minimum absolute atomic E-state index is 0.0873. The molecule has 2 unspecified atom stereocenters. The highest BCUT2D eigenvalue weighted by molar-refractivity contribution is 9.10. The largest absolute Gasteiger partial charge is 0.478 e. The van der Waals surface area contributed by atoms with Crippen LogP contribution in [0.15, 0.2) is 22.7 Å². The number of carbonyl (C=O) groups is 2. The Morgan fingerprint density at radius 1 is 1.38 bits per heavy atom. The molecule has 5 nitrogen and oxygen atoms in total. The number of rotatable bonds is 2. The fourth-order valence-corrected chi connectivity index (χ4v) is 2.98. The maximum absolute atomic E-state index is 12.4. The standard InChI is InChI=1S/C15H19BrN2O3/c1-9-4-3-7-18(10(9)2)15(21)17-13-8-11(16)5-6-12(13)14(19)20/h5-6,8-10H,3-4,7H2,1-2H3,(H,17,21)(H,19,20). The molecule has 2 N–H and O–H groups in total. The van der Waals surface area contributed by atoms with Gasteiger partial charge in [-0.15, -0.1) is 0 Å². The topological polar surface area (TPSA) is 69.6 Å². The lowest BCUT2D eigenvalue weighted by Crippen LogP contribution is -2.48. The second-order valence-electron chi connectivity index (χ2n) is 5.48. The molecule has 2 amide bonds. The molecule has 1 aliphatic heterocycles. The number of carboxylic acid groups (broad SMARTS) is 1. The number of halogens is 1. The van der Waals surface area contributed by atoms with Crippen LogP contribution in [0.5, 0.6) is 0 Å². The molecule has 0 radical (unpaired) electrons. The van der Waals surface area contributed by atoms with E-state index in [-0.39, 0.29) is 17.6 Å². The molecule has 0 aromatic heterocycles. The van der Waals surface area contributed by atoms with Crippen molar-refractivity contribution in [2.24, 2.45) is 5.92 Å². The minimum Gasteiger partial charge on any atom is -0.478 e. The van der Waals surface area contributed by atoms with Gasteiger partial charge in [0.05, 0.1) is 11.3 Å². The van der Waals surface area contributed by atoms with E-state index in [1.807, 2.05) is 6.92 Å². The molecule has 1 saturated heterocycles. The first kappa shape index (κ1) is 15.8. The van der Waals surface area contributed by atoms with Crippen LogP contribution in [0, 0.1) is 5.92 Å². The fraction of sp³-hybridized carbons (Fsp3) is 0.467. The lowest BCUT2D eigenvalue weighted by Gasteiger charge is -2.37. The van der Waals surface area contributed by atoms with Gasteiger partial charge in [0.25, 0.3) is 0 Å². The lowest BCUT2D eigenvalue weighted by molar-refractivity contribution is 0.0698. The number of amides is 2. The Labute approximate surface area is 132 Å². The minimum atomic E-state index is -1.06. The van der Waals surface area contributed by atoms with E-state index in [0.29, 0.717) is 18.2 Å². The Morgan fingerprint density at radius 2 is 2.10 bits per heavy atom. The summed E-state index contributed by atoms with van der Waals surface area (Å²) in [6.07, 6.45) is 2.09. The predicted molar refractivity (Wildman–Crippen MR) is 84.7 cm³/mol. The highest BCUT2D eigenvalue weighted by atomic mass is 79.9. The van der Waals surface area contributed by atoms with Crippen molar-refractivity contribution in [2.75, 3.05) is 11.9 Å². The maximum atomic E-state index is 12.4. The maximum Gasteiger partial charge on any atom is 0.337 e. The summed E-state index contributed by atoms with van der Waals surface area (Å²) in [5.74, 6) is -0.608. The zero-order valence-corrected chi connectivity index (χ0v) is 13.7. The van der Waals surface area contributed by atoms with Crippen molar-refractivity contribution in [1.29, 1.82) is 0 Å². The summed E-state index contributed by atoms with van der Waals surface area (Å²) in [7, 11) is 0. The van der Waals surface area contributed by atoms with Crippen molar-refractivity contribution in [3.8, 4) is 0 Å². The second-order valence-corrected chi connectivity index (χ2v) is 6.39. The molecule has 1 heterocycles. The number of nitrogens with one attached hydrogen (secondary N) is 1. The molecule has 1 aromatic carbocycles. The van der Waals surface area contributed by atoms with Gasteiger partial charge in [0.1, 0.15) is 0 Å². The van der Waals surface area contributed by atoms with Crippen LogP contribution in [0.1, 0.15) is 37.0 Å². The Hall–Kier alpha value is -1.56. The summed E-state index contributed by atoms with van der Waals surface area (Å²) >= 11 is 3.29. The van der Waals surface area contributed by atoms with Crippen LogP contribution in [0.4, 0.5) is 10.5 Å². The van der Waals surface area contributed by atoms with E-state index in [1.54, 1.807) is 17.0 Å². The number of hydrogen-bond donors (Lipinski definition) is 2. The van der Waals surface area contributed by atoms with Crippen LogP contribution in [-0.2, 0) is 0 Å². The summed E-state index contributed by atoms with van der Waals surface area (Å²) in [6, 6.07) is 4.64. The summed E-state index contributed by atoms with van der Waals surface area (Å²) in [4.78, 5) is 25.4. The third-order valence-corrected chi connectivity index (χ3v) is 4.58. The third-order valence-electron chi connectivity index (χ3n) is 4.09. The summed E-state index contributed by atoms with van der Waals surface area (Å²) in [6.45, 7) is 4.86. The van der Waals surface area contributed by atoms with Gasteiger partial charge in [0.15, 0.2) is 0 Å². The molecular weight excluding hydrogens is 336 g/mol. The predicted octanol–water partition coefficient (Wildman–Crippen LogP) is 3.80. The van der Waals surface area contributed by atoms with Crippen molar-refractivity contribution >= 4 is 33.6 Å². The van der Waals surface area contributed by atoms with Crippen LogP contribution >= 0.6 is 15.9 Å². The molecule has 0 saturated carbocycles. The highest BCUT2D eigenvalue weighted by Gasteiger charge is 2.28. The first-order valence-electron chi connectivity index (χ1n) is 7.00. The summed E-state index contributed by atoms with van der Waals surface area (Å²) in [5.41, 5.74) is 0.400. The van der Waals surface area contributed by atoms with Crippen molar-refractivity contribution in [3.63, 3.8) is 0 Å². The zero-order chi connectivity index (χ0) is 15.6. The fourth-order valence-electron chi connectivity index (χ4n) is 2.62. The lowest BCUT2D eigenvalue weighted by atomic mass is 9.92. The smallest absolute Gasteiger partial charge is 0.337 e. The van der Waals surface area contributed by atoms with E-state index in [0.717, 1.165) is 17.3 Å². The van der Waals surface area contributed by atoms with Crippen molar-refractivity contribution in [3.05, 3.63) is 28.2 Å². The Bertz CT molecular complexity index is 562. The van der Waals surface area contributed by atoms with Crippen LogP contribution in [-0.4, -0.2) is 34.6 Å². The molecule has 6 heteroatoms. The van der Waals surface area contributed by atoms with E-state index in [4.69, 9.17) is 0 Å². The number of anilines is 1. The van der Waals surface area contributed by atoms with Gasteiger partial charge in [-0.1, -0.05) is 22.9 Å². The highest BCUT2D eigenvalue weighted by Crippen LogP contribution is 2.26. The summed E-state index contributed by atoms with van der Waals surface area (Å²) < 4.78 is 0.725. The molecule has 1 aromatic rings. The molecular formula is C15H19BrN2O3. The number of aromatic carboxylic acids is 1. The van der Waals surface area contributed by atoms with E-state index in [2.05, 4.69) is 28.2 Å². The molecule has 0 bridgehead atoms. The van der Waals surface area contributed by atoms with Gasteiger partial charge < -0.3 is 15.3 Å². The van der Waals surface area contributed by atoms with Crippen LogP contribution < -0.4 is 5.32 Å². The van der Waals surface area contributed by atoms with Gasteiger partial charge in [-0.25, -0.2) is 9.59 Å². The third kappa shape index (κ3) is 3.56. The number of nitrogens with zero attached hydrogens (tertiary/aromatic N) is 1. The van der Waals surface area contributed by atoms with Gasteiger partial charge >= 0.3 is 12.0 Å². The normalized spacial score (nSPS) is 22.0. The quantitative estimate of drug-likeness (QED) is 0.848. The number of hydrogen-bond acceptors (Lipinski definition) is 2. The second kappa shape index (κ2) is 6.47. The average molecular weight is 355 g/mol. The van der Waals surface area contributed by atoms with Gasteiger partial charge in [0, 0.05) is 17.1 Å².